The first-order valence-corrected chi connectivity index (χ1v) is 12.8. The van der Waals surface area contributed by atoms with E-state index >= 15 is 0 Å². The SMILES string of the molecule is COc1ccc([N+](=O)[O-])cc1NC(=O)C[C@@H]1SC(=Nc2ccccc2C)N(CCN2CCOCC2)C1=O. The molecule has 2 aromatic rings. The van der Waals surface area contributed by atoms with Gasteiger partial charge in [0.25, 0.3) is 5.69 Å². The predicted molar refractivity (Wildman–Crippen MR) is 142 cm³/mol. The van der Waals surface area contributed by atoms with E-state index in [0.717, 1.165) is 24.3 Å². The summed E-state index contributed by atoms with van der Waals surface area (Å²) in [5.41, 5.74) is 1.75. The van der Waals surface area contributed by atoms with Crippen LogP contribution in [0.5, 0.6) is 5.75 Å². The lowest BCUT2D eigenvalue weighted by Gasteiger charge is -2.28. The number of nitro groups is 1. The Kier molecular flexibility index (Phi) is 8.74. The van der Waals surface area contributed by atoms with Crippen LogP contribution >= 0.6 is 11.8 Å². The van der Waals surface area contributed by atoms with Crippen LogP contribution < -0.4 is 10.1 Å². The van der Waals surface area contributed by atoms with Crippen molar-refractivity contribution in [3.8, 4) is 5.75 Å². The van der Waals surface area contributed by atoms with Gasteiger partial charge < -0.3 is 14.8 Å². The van der Waals surface area contributed by atoms with E-state index in [1.54, 1.807) is 4.90 Å². The zero-order valence-corrected chi connectivity index (χ0v) is 21.5. The molecule has 0 aromatic heterocycles. The number of hydrogen-bond acceptors (Lipinski definition) is 9. The number of methoxy groups -OCH3 is 1. The molecule has 2 heterocycles. The van der Waals surface area contributed by atoms with Crippen molar-refractivity contribution in [2.75, 3.05) is 51.8 Å². The Labute approximate surface area is 219 Å². The Hall–Kier alpha value is -3.48. The van der Waals surface area contributed by atoms with Crippen molar-refractivity contribution in [2.45, 2.75) is 18.6 Å². The molecule has 0 radical (unpaired) electrons. The summed E-state index contributed by atoms with van der Waals surface area (Å²) in [7, 11) is 1.41. The van der Waals surface area contributed by atoms with Crippen LogP contribution in [0.15, 0.2) is 47.5 Å². The molecule has 0 unspecified atom stereocenters. The number of carbonyl (C=O) groups is 2. The fourth-order valence-electron chi connectivity index (χ4n) is 4.07. The van der Waals surface area contributed by atoms with Gasteiger partial charge in [-0.2, -0.15) is 0 Å². The number of aryl methyl sites for hydroxylation is 1. The van der Waals surface area contributed by atoms with Crippen molar-refractivity contribution in [1.82, 2.24) is 9.80 Å². The number of benzene rings is 2. The highest BCUT2D eigenvalue weighted by Crippen LogP contribution is 2.34. The Morgan fingerprint density at radius 3 is 2.70 bits per heavy atom. The van der Waals surface area contributed by atoms with Crippen molar-refractivity contribution < 1.29 is 24.0 Å². The summed E-state index contributed by atoms with van der Waals surface area (Å²) < 4.78 is 10.6. The molecule has 0 saturated carbocycles. The maximum absolute atomic E-state index is 13.4. The van der Waals surface area contributed by atoms with Crippen LogP contribution in [0.4, 0.5) is 17.1 Å². The maximum Gasteiger partial charge on any atom is 0.271 e. The lowest BCUT2D eigenvalue weighted by Crippen LogP contribution is -2.43. The number of amides is 2. The molecule has 2 aromatic carbocycles. The second-order valence-corrected chi connectivity index (χ2v) is 9.80. The average molecular weight is 528 g/mol. The molecular weight excluding hydrogens is 498 g/mol. The molecule has 2 aliphatic rings. The molecule has 0 aliphatic carbocycles. The summed E-state index contributed by atoms with van der Waals surface area (Å²) >= 11 is 1.26. The van der Waals surface area contributed by atoms with E-state index in [4.69, 9.17) is 14.5 Å². The Morgan fingerprint density at radius 1 is 1.24 bits per heavy atom. The highest BCUT2D eigenvalue weighted by molar-refractivity contribution is 8.15. The Bertz CT molecular complexity index is 1200. The third-order valence-corrected chi connectivity index (χ3v) is 7.31. The number of ether oxygens (including phenoxy) is 2. The molecule has 2 fully saturated rings. The van der Waals surface area contributed by atoms with E-state index in [2.05, 4.69) is 10.2 Å². The largest absolute Gasteiger partial charge is 0.495 e. The van der Waals surface area contributed by atoms with Crippen LogP contribution in [0.25, 0.3) is 0 Å². The minimum absolute atomic E-state index is 0.115. The molecule has 0 bridgehead atoms. The van der Waals surface area contributed by atoms with Crippen molar-refractivity contribution in [3.05, 3.63) is 58.1 Å². The van der Waals surface area contributed by atoms with Crippen molar-refractivity contribution in [3.63, 3.8) is 0 Å². The summed E-state index contributed by atoms with van der Waals surface area (Å²) in [4.78, 5) is 45.6. The standard InChI is InChI=1S/C25H29N5O6S/c1-17-5-3-4-6-19(17)27-25-29(10-9-28-11-13-36-14-12-28)24(32)22(37-25)16-23(31)26-20-15-18(30(33)34)7-8-21(20)35-2/h3-8,15,22H,9-14,16H2,1-2H3,(H,26,31)/t22-/m0/s1. The van der Waals surface area contributed by atoms with Gasteiger partial charge in [0.2, 0.25) is 11.8 Å². The quantitative estimate of drug-likeness (QED) is 0.389. The van der Waals surface area contributed by atoms with Crippen LogP contribution in [-0.2, 0) is 14.3 Å². The van der Waals surface area contributed by atoms with E-state index < -0.39 is 16.1 Å². The highest BCUT2D eigenvalue weighted by atomic mass is 32.2. The minimum Gasteiger partial charge on any atom is -0.495 e. The van der Waals surface area contributed by atoms with Crippen LogP contribution in [0.1, 0.15) is 12.0 Å². The van der Waals surface area contributed by atoms with Gasteiger partial charge in [-0.1, -0.05) is 30.0 Å². The topological polar surface area (TPSA) is 127 Å². The molecule has 4 rings (SSSR count). The van der Waals surface area contributed by atoms with Crippen LogP contribution in [0.3, 0.4) is 0 Å². The molecule has 0 spiro atoms. The highest BCUT2D eigenvalue weighted by Gasteiger charge is 2.39. The van der Waals surface area contributed by atoms with Crippen molar-refractivity contribution in [1.29, 1.82) is 0 Å². The third-order valence-electron chi connectivity index (χ3n) is 6.13. The van der Waals surface area contributed by atoms with Gasteiger partial charge in [-0.25, -0.2) is 4.99 Å². The Morgan fingerprint density at radius 2 is 2.00 bits per heavy atom. The van der Waals surface area contributed by atoms with E-state index in [-0.39, 0.29) is 23.7 Å². The van der Waals surface area contributed by atoms with Gasteiger partial charge >= 0.3 is 0 Å². The summed E-state index contributed by atoms with van der Waals surface area (Å²) in [5.74, 6) is -0.347. The Balaban J connectivity index is 1.50. The van der Waals surface area contributed by atoms with E-state index in [0.29, 0.717) is 37.2 Å². The molecule has 2 amide bonds. The summed E-state index contributed by atoms with van der Waals surface area (Å²) in [6.07, 6.45) is -0.115. The number of nitro benzene ring substituents is 1. The number of non-ortho nitro benzene ring substituents is 1. The lowest BCUT2D eigenvalue weighted by atomic mass is 10.2. The van der Waals surface area contributed by atoms with Crippen LogP contribution in [-0.4, -0.2) is 83.5 Å². The zero-order chi connectivity index (χ0) is 26.4. The van der Waals surface area contributed by atoms with Crippen molar-refractivity contribution in [2.24, 2.45) is 4.99 Å². The number of para-hydroxylation sites is 1. The second kappa shape index (κ2) is 12.2. The fraction of sp³-hybridized carbons (Fsp3) is 0.400. The average Bonchev–Trinajstić information content (AvgIpc) is 3.17. The van der Waals surface area contributed by atoms with Gasteiger partial charge in [0.15, 0.2) is 5.17 Å². The minimum atomic E-state index is -0.669. The number of morpholine rings is 1. The fourth-order valence-corrected chi connectivity index (χ4v) is 5.24. The van der Waals surface area contributed by atoms with E-state index in [1.165, 1.54) is 37.1 Å². The number of thioether (sulfide) groups is 1. The normalized spacial score (nSPS) is 19.3. The first kappa shape index (κ1) is 26.6. The summed E-state index contributed by atoms with van der Waals surface area (Å²) in [6, 6.07) is 11.6. The zero-order valence-electron chi connectivity index (χ0n) is 20.7. The van der Waals surface area contributed by atoms with Crippen LogP contribution in [0.2, 0.25) is 0 Å². The maximum atomic E-state index is 13.4. The van der Waals surface area contributed by atoms with Gasteiger partial charge in [-0.3, -0.25) is 29.5 Å². The number of aliphatic imine (C=N–C) groups is 1. The number of amidine groups is 1. The predicted octanol–water partition coefficient (Wildman–Crippen LogP) is 3.20. The molecule has 1 atom stereocenters. The smallest absolute Gasteiger partial charge is 0.271 e. The number of nitrogens with zero attached hydrogens (tertiary/aromatic N) is 4. The molecule has 196 valence electrons. The first-order chi connectivity index (χ1) is 17.9. The monoisotopic (exact) mass is 527 g/mol. The molecule has 12 heteroatoms. The molecule has 2 saturated heterocycles. The van der Waals surface area contributed by atoms with Gasteiger partial charge in [0, 0.05) is 44.7 Å². The molecule has 37 heavy (non-hydrogen) atoms. The number of anilines is 1. The first-order valence-electron chi connectivity index (χ1n) is 11.9. The van der Waals surface area contributed by atoms with E-state index in [9.17, 15) is 19.7 Å². The lowest BCUT2D eigenvalue weighted by molar-refractivity contribution is -0.384. The molecule has 11 nitrogen and oxygen atoms in total. The summed E-state index contributed by atoms with van der Waals surface area (Å²) in [5, 5.41) is 13.7. The molecular formula is C25H29N5O6S. The van der Waals surface area contributed by atoms with Crippen molar-refractivity contribution >= 4 is 45.8 Å². The number of hydrogen-bond donors (Lipinski definition) is 1. The molecule has 1 N–H and O–H groups in total. The summed E-state index contributed by atoms with van der Waals surface area (Å²) in [6.45, 7) is 6.01. The third kappa shape index (κ3) is 6.64. The second-order valence-electron chi connectivity index (χ2n) is 8.63. The van der Waals surface area contributed by atoms with Crippen LogP contribution in [0, 0.1) is 17.0 Å². The number of carbonyl (C=O) groups excluding carboxylic acids is 2. The number of nitrogens with one attached hydrogen (secondary N) is 1. The van der Waals surface area contributed by atoms with Gasteiger partial charge in [0.1, 0.15) is 11.0 Å². The van der Waals surface area contributed by atoms with Gasteiger partial charge in [-0.05, 0) is 24.6 Å². The molecule has 2 aliphatic heterocycles. The number of rotatable bonds is 9. The van der Waals surface area contributed by atoms with E-state index in [1.807, 2.05) is 31.2 Å². The van der Waals surface area contributed by atoms with Gasteiger partial charge in [-0.15, -0.1) is 0 Å². The van der Waals surface area contributed by atoms with Gasteiger partial charge in [0.05, 0.1) is 36.6 Å².